The zero-order chi connectivity index (χ0) is 24.2. The average Bonchev–Trinajstić information content (AvgIpc) is 2.98. The maximum Gasteiger partial charge on any atom is 0.0332 e. The first-order valence-corrected chi connectivity index (χ1v) is 14.0. The van der Waals surface area contributed by atoms with Gasteiger partial charge < -0.3 is 0 Å². The zero-order valence-corrected chi connectivity index (χ0v) is 20.8. The number of allylic oxidation sites excluding steroid dienone is 3. The van der Waals surface area contributed by atoms with Gasteiger partial charge in [0.1, 0.15) is 0 Å². The lowest BCUT2D eigenvalue weighted by Crippen LogP contribution is -2.25. The molecule has 170 valence electrons. The Morgan fingerprint density at radius 3 is 1.53 bits per heavy atom. The Morgan fingerprint density at radius 2 is 1.00 bits per heavy atom. The van der Waals surface area contributed by atoms with E-state index in [9.17, 15) is 0 Å². The van der Waals surface area contributed by atoms with Crippen LogP contribution in [0.25, 0.3) is 10.9 Å². The van der Waals surface area contributed by atoms with Crippen molar-refractivity contribution in [3.05, 3.63) is 181 Å². The molecule has 0 spiro atoms. The van der Waals surface area contributed by atoms with Crippen molar-refractivity contribution in [1.29, 1.82) is 0 Å². The Morgan fingerprint density at radius 1 is 0.472 bits per heavy atom. The standard InChI is InChI=1S/C35H25P/c1-6-16-28(17-7-1)31-26-34(29-18-8-2-9-19-29)36(32-22-12-4-13-23-32,33-24-14-5-15-25-33)35(27-31)30-20-10-3-11-21-30/h1-10,12-20,22-27H. The van der Waals surface area contributed by atoms with E-state index in [4.69, 9.17) is 0 Å². The fraction of sp³-hybridized carbons (Fsp3) is 0. The quantitative estimate of drug-likeness (QED) is 0.229. The molecule has 0 nitrogen and oxygen atoms in total. The van der Waals surface area contributed by atoms with Crippen LogP contribution in [0.15, 0.2) is 152 Å². The maximum absolute atomic E-state index is 3.47. The number of hydrogen-bond donors (Lipinski definition) is 0. The summed E-state index contributed by atoms with van der Waals surface area (Å²) in [7, 11) is 0. The van der Waals surface area contributed by atoms with Gasteiger partial charge in [0.25, 0.3) is 0 Å². The van der Waals surface area contributed by atoms with Gasteiger partial charge in [-0.25, -0.2) is 0 Å². The van der Waals surface area contributed by atoms with Gasteiger partial charge in [0.2, 0.25) is 0 Å². The van der Waals surface area contributed by atoms with Crippen LogP contribution in [0, 0.1) is 12.1 Å². The van der Waals surface area contributed by atoms with Crippen molar-refractivity contribution in [2.75, 3.05) is 0 Å². The Balaban J connectivity index is 1.84. The Kier molecular flexibility index (Phi) is 6.01. The van der Waals surface area contributed by atoms with Crippen LogP contribution in [-0.4, -0.2) is 5.29 Å². The van der Waals surface area contributed by atoms with E-state index in [2.05, 4.69) is 158 Å². The van der Waals surface area contributed by atoms with Crippen molar-refractivity contribution >= 4 is 33.7 Å². The molecular weight excluding hydrogens is 451 g/mol. The highest BCUT2D eigenvalue weighted by Crippen LogP contribution is 2.62. The molecule has 6 rings (SSSR count). The molecule has 0 fully saturated rings. The summed E-state index contributed by atoms with van der Waals surface area (Å²) in [6.45, 7) is -2.27. The predicted molar refractivity (Wildman–Crippen MR) is 156 cm³/mol. The van der Waals surface area contributed by atoms with Gasteiger partial charge in [-0.05, 0) is 63.8 Å². The van der Waals surface area contributed by atoms with Crippen molar-refractivity contribution in [1.82, 2.24) is 0 Å². The molecule has 36 heavy (non-hydrogen) atoms. The molecule has 5 aromatic rings. The third-order valence-electron chi connectivity index (χ3n) is 6.70. The van der Waals surface area contributed by atoms with Gasteiger partial charge in [-0.2, -0.15) is 0 Å². The molecule has 0 radical (unpaired) electrons. The molecule has 1 heteroatoms. The van der Waals surface area contributed by atoms with Crippen molar-refractivity contribution in [3.8, 4) is 0 Å². The van der Waals surface area contributed by atoms with Crippen LogP contribution >= 0.6 is 6.89 Å². The Labute approximate surface area is 213 Å². The summed E-state index contributed by atoms with van der Waals surface area (Å²) < 4.78 is 0. The molecule has 0 aromatic heterocycles. The highest BCUT2D eigenvalue weighted by molar-refractivity contribution is 7.98. The second-order valence-corrected chi connectivity index (χ2v) is 12.1. The fourth-order valence-electron chi connectivity index (χ4n) is 5.11. The lowest BCUT2D eigenvalue weighted by Gasteiger charge is -2.36. The third-order valence-corrected chi connectivity index (χ3v) is 11.0. The van der Waals surface area contributed by atoms with Gasteiger partial charge in [0.15, 0.2) is 0 Å². The molecule has 0 N–H and O–H groups in total. The summed E-state index contributed by atoms with van der Waals surface area (Å²) in [5, 5.41) is 5.33. The summed E-state index contributed by atoms with van der Waals surface area (Å²) in [6.07, 6.45) is 4.82. The first-order chi connectivity index (χ1) is 17.9. The van der Waals surface area contributed by atoms with Gasteiger partial charge in [-0.1, -0.05) is 140 Å². The van der Waals surface area contributed by atoms with Crippen LogP contribution in [-0.2, 0) is 0 Å². The number of benzene rings is 4. The Hall–Kier alpha value is -4.30. The largest absolute Gasteiger partial charge is 0.0696 e. The van der Waals surface area contributed by atoms with E-state index < -0.39 is 6.89 Å². The topological polar surface area (TPSA) is 0 Å². The predicted octanol–water partition coefficient (Wildman–Crippen LogP) is 7.61. The minimum absolute atomic E-state index is 1.09. The van der Waals surface area contributed by atoms with Gasteiger partial charge in [0.05, 0.1) is 0 Å². The lowest BCUT2D eigenvalue weighted by atomic mass is 10.0. The first-order valence-electron chi connectivity index (χ1n) is 12.2. The molecule has 0 amide bonds. The van der Waals surface area contributed by atoms with Crippen LogP contribution in [0.5, 0.6) is 0 Å². The van der Waals surface area contributed by atoms with E-state index in [1.54, 1.807) is 0 Å². The van der Waals surface area contributed by atoms with Crippen molar-refractivity contribution in [2.45, 2.75) is 0 Å². The SMILES string of the molecule is c1cccc(C2=P(c3ccccc3)(c3ccccc3)C(c3ccccc3)=CC(c3ccccc3)=C2)c#1. The molecule has 0 atom stereocenters. The normalized spacial score (nSPS) is 14.4. The van der Waals surface area contributed by atoms with E-state index in [0.717, 1.165) is 5.56 Å². The van der Waals surface area contributed by atoms with Crippen molar-refractivity contribution < 1.29 is 0 Å². The molecule has 1 aliphatic rings. The molecule has 0 saturated heterocycles. The van der Waals surface area contributed by atoms with Gasteiger partial charge in [0, 0.05) is 10.9 Å². The van der Waals surface area contributed by atoms with Gasteiger partial charge in [-0.3, -0.25) is 0 Å². The van der Waals surface area contributed by atoms with Crippen LogP contribution in [0.3, 0.4) is 0 Å². The van der Waals surface area contributed by atoms with E-state index in [1.165, 1.54) is 37.9 Å². The second kappa shape index (κ2) is 9.75. The molecule has 0 saturated carbocycles. The highest BCUT2D eigenvalue weighted by Gasteiger charge is 2.35. The van der Waals surface area contributed by atoms with Crippen molar-refractivity contribution in [3.63, 3.8) is 0 Å². The van der Waals surface area contributed by atoms with E-state index >= 15 is 0 Å². The summed E-state index contributed by atoms with van der Waals surface area (Å²) in [5.74, 6) is 0. The summed E-state index contributed by atoms with van der Waals surface area (Å²) in [6, 6.07) is 56.5. The molecule has 0 unspecified atom stereocenters. The number of rotatable bonds is 5. The first kappa shape index (κ1) is 22.2. The molecular formula is C35H25P. The van der Waals surface area contributed by atoms with Crippen LogP contribution in [0.1, 0.15) is 16.7 Å². The van der Waals surface area contributed by atoms with Crippen LogP contribution in [0.2, 0.25) is 0 Å². The van der Waals surface area contributed by atoms with E-state index in [-0.39, 0.29) is 0 Å². The third kappa shape index (κ3) is 3.85. The second-order valence-electron chi connectivity index (χ2n) is 8.80. The summed E-state index contributed by atoms with van der Waals surface area (Å²) >= 11 is 0. The van der Waals surface area contributed by atoms with E-state index in [1.807, 2.05) is 6.07 Å². The minimum atomic E-state index is -2.27. The van der Waals surface area contributed by atoms with Crippen LogP contribution in [0.4, 0.5) is 0 Å². The minimum Gasteiger partial charge on any atom is -0.0696 e. The molecule has 1 aliphatic heterocycles. The zero-order valence-electron chi connectivity index (χ0n) is 19.9. The van der Waals surface area contributed by atoms with Gasteiger partial charge >= 0.3 is 0 Å². The Bertz CT molecular complexity index is 1530. The molecule has 1 heterocycles. The summed E-state index contributed by atoms with van der Waals surface area (Å²) in [5.41, 5.74) is 4.76. The average molecular weight is 477 g/mol. The molecule has 5 aromatic carbocycles. The smallest absolute Gasteiger partial charge is 0.0332 e. The maximum atomic E-state index is 3.47. The highest BCUT2D eigenvalue weighted by atomic mass is 31.2. The van der Waals surface area contributed by atoms with Crippen molar-refractivity contribution in [2.24, 2.45) is 0 Å². The fourth-order valence-corrected chi connectivity index (χ4v) is 9.72. The molecule has 0 aliphatic carbocycles. The monoisotopic (exact) mass is 476 g/mol. The molecule has 0 bridgehead atoms. The number of hydrogen-bond acceptors (Lipinski definition) is 0. The van der Waals surface area contributed by atoms with Crippen LogP contribution < -0.4 is 10.6 Å². The van der Waals surface area contributed by atoms with E-state index in [0.29, 0.717) is 0 Å². The lowest BCUT2D eigenvalue weighted by molar-refractivity contribution is 1.61. The summed E-state index contributed by atoms with van der Waals surface area (Å²) in [4.78, 5) is 0. The van der Waals surface area contributed by atoms with Gasteiger partial charge in [-0.15, -0.1) is 0 Å².